The van der Waals surface area contributed by atoms with Gasteiger partial charge >= 0.3 is 5.97 Å². The zero-order valence-corrected chi connectivity index (χ0v) is 44.0. The fourth-order valence-electron chi connectivity index (χ4n) is 11.4. The number of hydrogen-bond acceptors (Lipinski definition) is 15. The molecule has 8 heterocycles. The molecule has 5 aliphatic heterocycles. The van der Waals surface area contributed by atoms with Gasteiger partial charge in [0, 0.05) is 105 Å². The molecule has 3 aromatic heterocycles. The number of aromatic nitrogens is 3. The summed E-state index contributed by atoms with van der Waals surface area (Å²) in [5.74, 6) is -0.803. The number of amides is 2. The summed E-state index contributed by atoms with van der Waals surface area (Å²) in [6.45, 7) is 20.8. The van der Waals surface area contributed by atoms with Crippen molar-refractivity contribution in [3.05, 3.63) is 52.1 Å². The van der Waals surface area contributed by atoms with E-state index >= 15 is 0 Å². The summed E-state index contributed by atoms with van der Waals surface area (Å²) in [5.41, 5.74) is 10.3. The fourth-order valence-corrected chi connectivity index (χ4v) is 12.3. The highest BCUT2D eigenvalue weighted by atomic mass is 32.1. The van der Waals surface area contributed by atoms with Crippen LogP contribution in [0.4, 0.5) is 5.69 Å². The van der Waals surface area contributed by atoms with Crippen molar-refractivity contribution in [2.75, 3.05) is 91.0 Å². The number of carbonyl (C=O) groups is 3. The highest BCUT2D eigenvalue weighted by Gasteiger charge is 2.50. The molecule has 4 saturated heterocycles. The maximum atomic E-state index is 14.8. The summed E-state index contributed by atoms with van der Waals surface area (Å²) in [5, 5.41) is 8.22. The standard InChI is InChI=1S/C54H74N8O9S/c1-8-69-49-47(57-50(63)45-32(2)33(45)3)52(64)62-15-9-10-42(58-62)53(65)71-31-54(5,6)26-41-39-24-35(43-30-72-51(49)56-43)11-12-44(39)61(20-23-70-38-13-21-67-22-14-38)48(41)40-25-36(27-55-46(40)34(4)66-7)59-16-18-60(19-17-59)37-28-68-29-37/h11-12,24-25,27,30,32-34,37-38,42,45,47,49,58H,8-10,13-23,26,28-29,31H2,1-7H3,(H,57,63)/t32-,33+,34-,42-,45?,47-,49-/m0/s1. The molecule has 6 aliphatic rings. The van der Waals surface area contributed by atoms with Gasteiger partial charge in [-0.2, -0.15) is 0 Å². The minimum atomic E-state index is -1.10. The molecule has 10 rings (SSSR count). The number of fused-ring (bicyclic) bond motifs is 6. The second-order valence-corrected chi connectivity index (χ2v) is 22.4. The van der Waals surface area contributed by atoms with Crippen LogP contribution in [-0.2, 0) is 55.8 Å². The first kappa shape index (κ1) is 51.0. The molecule has 1 saturated carbocycles. The number of methoxy groups -OCH3 is 1. The van der Waals surface area contributed by atoms with Crippen LogP contribution in [0.1, 0.15) is 95.7 Å². The Morgan fingerprint density at radius 2 is 1.79 bits per heavy atom. The summed E-state index contributed by atoms with van der Waals surface area (Å²) in [7, 11) is 1.73. The molecule has 6 bridgehead atoms. The van der Waals surface area contributed by atoms with Gasteiger partial charge in [-0.1, -0.05) is 33.8 Å². The highest BCUT2D eigenvalue weighted by molar-refractivity contribution is 7.10. The van der Waals surface area contributed by atoms with E-state index in [1.54, 1.807) is 7.11 Å². The fraction of sp³-hybridized carbons (Fsp3) is 0.648. The third kappa shape index (κ3) is 10.6. The number of pyridine rings is 1. The van der Waals surface area contributed by atoms with Gasteiger partial charge in [-0.05, 0) is 81.5 Å². The number of thiazole rings is 1. The molecule has 0 radical (unpaired) electrons. The molecule has 390 valence electrons. The number of hydrogen-bond donors (Lipinski definition) is 2. The van der Waals surface area contributed by atoms with E-state index in [2.05, 4.69) is 84.0 Å². The molecule has 2 amide bonds. The summed E-state index contributed by atoms with van der Waals surface area (Å²) in [6.07, 6.45) is 4.24. The number of rotatable bonds is 13. The molecular weight excluding hydrogens is 937 g/mol. The average Bonchev–Trinajstić information content (AvgIpc) is 3.63. The van der Waals surface area contributed by atoms with E-state index in [0.717, 1.165) is 103 Å². The van der Waals surface area contributed by atoms with Crippen LogP contribution in [0.3, 0.4) is 0 Å². The number of ether oxygens (including phenoxy) is 6. The van der Waals surface area contributed by atoms with E-state index < -0.39 is 29.6 Å². The monoisotopic (exact) mass is 1010 g/mol. The predicted octanol–water partition coefficient (Wildman–Crippen LogP) is 6.34. The molecule has 1 unspecified atom stereocenters. The molecule has 2 N–H and O–H groups in total. The number of nitrogens with one attached hydrogen (secondary N) is 2. The number of carbonyl (C=O) groups excluding carboxylic acids is 3. The SMILES string of the molecule is CCO[C@@H]1c2nc(cs2)-c2ccc3c(c2)c(c(-c2cc(N4CCN(C5COC5)CC4)cnc2[C@H](C)OC)n3CCOC2CCOCC2)CC(C)(C)COC(=O)[C@@H]2CCCN(N2)C(=O)[C@H]1NC(=O)C1[C@@H](C)[C@H]1C. The Labute approximate surface area is 427 Å². The van der Waals surface area contributed by atoms with Gasteiger partial charge in [0.15, 0.2) is 0 Å². The Kier molecular flexibility index (Phi) is 15.4. The van der Waals surface area contributed by atoms with E-state index in [4.69, 9.17) is 38.4 Å². The van der Waals surface area contributed by atoms with Crippen molar-refractivity contribution in [2.45, 2.75) is 117 Å². The van der Waals surface area contributed by atoms with Crippen LogP contribution in [0.15, 0.2) is 35.8 Å². The number of anilines is 1. The predicted molar refractivity (Wildman–Crippen MR) is 274 cm³/mol. The van der Waals surface area contributed by atoms with E-state index in [0.29, 0.717) is 63.2 Å². The lowest BCUT2D eigenvalue weighted by atomic mass is 9.84. The van der Waals surface area contributed by atoms with Crippen LogP contribution in [0.25, 0.3) is 33.4 Å². The van der Waals surface area contributed by atoms with Gasteiger partial charge < -0.3 is 43.2 Å². The lowest BCUT2D eigenvalue weighted by Crippen LogP contribution is -2.61. The topological polar surface area (TPSA) is 171 Å². The highest BCUT2D eigenvalue weighted by Crippen LogP contribution is 2.46. The molecule has 7 atom stereocenters. The van der Waals surface area contributed by atoms with Crippen molar-refractivity contribution in [3.63, 3.8) is 0 Å². The summed E-state index contributed by atoms with van der Waals surface area (Å²) in [6, 6.07) is 7.46. The molecule has 17 nitrogen and oxygen atoms in total. The molecule has 4 aromatic rings. The number of benzene rings is 1. The van der Waals surface area contributed by atoms with E-state index in [1.807, 2.05) is 18.5 Å². The van der Waals surface area contributed by atoms with Gasteiger partial charge in [0.1, 0.15) is 23.2 Å². The maximum Gasteiger partial charge on any atom is 0.324 e. The second kappa shape index (κ2) is 21.7. The Morgan fingerprint density at radius 1 is 1.01 bits per heavy atom. The van der Waals surface area contributed by atoms with Crippen LogP contribution in [0.5, 0.6) is 0 Å². The van der Waals surface area contributed by atoms with E-state index in [9.17, 15) is 14.4 Å². The van der Waals surface area contributed by atoms with Crippen molar-refractivity contribution >= 4 is 45.7 Å². The normalized spacial score (nSPS) is 27.0. The number of cyclic esters (lactones) is 1. The van der Waals surface area contributed by atoms with Crippen molar-refractivity contribution in [3.8, 4) is 22.5 Å². The van der Waals surface area contributed by atoms with Gasteiger partial charge in [-0.25, -0.2) is 10.4 Å². The number of hydrazine groups is 1. The van der Waals surface area contributed by atoms with Crippen molar-refractivity contribution in [1.29, 1.82) is 0 Å². The van der Waals surface area contributed by atoms with Crippen LogP contribution in [0.2, 0.25) is 0 Å². The lowest BCUT2D eigenvalue weighted by molar-refractivity contribution is -0.156. The summed E-state index contributed by atoms with van der Waals surface area (Å²) in [4.78, 5) is 58.3. The Balaban J connectivity index is 1.11. The summed E-state index contributed by atoms with van der Waals surface area (Å²) < 4.78 is 39.1. The first-order valence-electron chi connectivity index (χ1n) is 26.4. The molecule has 18 heteroatoms. The number of piperazine rings is 1. The molecule has 72 heavy (non-hydrogen) atoms. The van der Waals surface area contributed by atoms with E-state index in [1.165, 1.54) is 16.3 Å². The molecule has 1 aliphatic carbocycles. The Morgan fingerprint density at radius 3 is 2.50 bits per heavy atom. The van der Waals surface area contributed by atoms with Crippen LogP contribution < -0.4 is 15.6 Å². The van der Waals surface area contributed by atoms with E-state index in [-0.39, 0.29) is 55.0 Å². The van der Waals surface area contributed by atoms with Gasteiger partial charge in [0.25, 0.3) is 5.91 Å². The Hall–Kier alpha value is -4.53. The van der Waals surface area contributed by atoms with Gasteiger partial charge in [0.2, 0.25) is 5.91 Å². The average molecular weight is 1010 g/mol. The third-order valence-corrected chi connectivity index (χ3v) is 17.0. The zero-order chi connectivity index (χ0) is 50.3. The first-order valence-corrected chi connectivity index (χ1v) is 27.3. The molecular formula is C54H74N8O9S. The molecule has 1 aromatic carbocycles. The Bertz CT molecular complexity index is 2580. The number of nitrogens with zero attached hydrogens (tertiary/aromatic N) is 6. The summed E-state index contributed by atoms with van der Waals surface area (Å²) >= 11 is 1.41. The first-order chi connectivity index (χ1) is 34.8. The number of esters is 1. The lowest BCUT2D eigenvalue weighted by Gasteiger charge is -2.43. The molecule has 0 spiro atoms. The van der Waals surface area contributed by atoms with Gasteiger partial charge in [-0.3, -0.25) is 29.3 Å². The van der Waals surface area contributed by atoms with Crippen LogP contribution in [-0.4, -0.2) is 153 Å². The maximum absolute atomic E-state index is 14.8. The van der Waals surface area contributed by atoms with Crippen LogP contribution in [0, 0.1) is 23.2 Å². The van der Waals surface area contributed by atoms with Crippen LogP contribution >= 0.6 is 11.3 Å². The minimum absolute atomic E-state index is 0.119. The quantitative estimate of drug-likeness (QED) is 0.142. The third-order valence-electron chi connectivity index (χ3n) is 16.1. The largest absolute Gasteiger partial charge is 0.464 e. The van der Waals surface area contributed by atoms with Crippen molar-refractivity contribution in [2.24, 2.45) is 23.2 Å². The van der Waals surface area contributed by atoms with Crippen molar-refractivity contribution < 1.29 is 42.8 Å². The smallest absolute Gasteiger partial charge is 0.324 e. The zero-order valence-electron chi connectivity index (χ0n) is 43.2. The minimum Gasteiger partial charge on any atom is -0.464 e. The van der Waals surface area contributed by atoms with Gasteiger partial charge in [-0.15, -0.1) is 11.3 Å². The van der Waals surface area contributed by atoms with Crippen molar-refractivity contribution in [1.82, 2.24) is 35.2 Å². The molecule has 5 fully saturated rings. The van der Waals surface area contributed by atoms with Gasteiger partial charge in [0.05, 0.1) is 73.6 Å². The second-order valence-electron chi connectivity index (χ2n) is 21.6.